The number of hydrogen-bond donors (Lipinski definition) is 4. The number of nitrogen functional groups attached to an aromatic ring is 1. The number of anilines is 1. The van der Waals surface area contributed by atoms with Gasteiger partial charge < -0.3 is 41.2 Å². The van der Waals surface area contributed by atoms with E-state index >= 15 is 0 Å². The minimum atomic E-state index is -1.78. The minimum Gasteiger partial charge on any atom is -0.543 e. The van der Waals surface area contributed by atoms with Crippen molar-refractivity contribution in [2.45, 2.75) is 75.7 Å². The average Bonchev–Trinajstić information content (AvgIpc) is 3.93. The highest BCUT2D eigenvalue weighted by Gasteiger charge is 2.53. The molecule has 2 fully saturated rings. The number of nitrogens with two attached hydrogens (primary N) is 2. The van der Waals surface area contributed by atoms with E-state index in [1.165, 1.54) is 43.8 Å². The van der Waals surface area contributed by atoms with Crippen molar-refractivity contribution in [1.82, 2.24) is 19.8 Å². The molecular formula is C37H39N9O7S2. The van der Waals surface area contributed by atoms with Gasteiger partial charge in [0.2, 0.25) is 11.1 Å². The monoisotopic (exact) mass is 785 g/mol. The number of carbonyl (C=O) groups is 4. The summed E-state index contributed by atoms with van der Waals surface area (Å²) in [5.74, 6) is -3.56. The number of thioether (sulfide) groups is 1. The number of aliphatic carboxylic acids is 2. The van der Waals surface area contributed by atoms with Crippen LogP contribution in [-0.4, -0.2) is 83.7 Å². The number of β-lactam (4-membered cyclic amide) rings is 1. The third kappa shape index (κ3) is 7.64. The summed E-state index contributed by atoms with van der Waals surface area (Å²) in [6.45, 7) is 3.28. The summed E-state index contributed by atoms with van der Waals surface area (Å²) in [4.78, 5) is 66.1. The second-order valence-corrected chi connectivity index (χ2v) is 16.0. The normalized spacial score (nSPS) is 19.4. The van der Waals surface area contributed by atoms with Gasteiger partial charge in [0.1, 0.15) is 28.5 Å². The van der Waals surface area contributed by atoms with Crippen LogP contribution in [0.1, 0.15) is 56.4 Å². The summed E-state index contributed by atoms with van der Waals surface area (Å²) >= 11 is 2.32. The fraction of sp³-hybridized carbons (Fsp3) is 0.351. The Hall–Kier alpha value is -5.75. The van der Waals surface area contributed by atoms with Crippen molar-refractivity contribution in [2.24, 2.45) is 15.9 Å². The van der Waals surface area contributed by atoms with Crippen LogP contribution in [0.5, 0.6) is 0 Å². The van der Waals surface area contributed by atoms with Crippen LogP contribution in [0.15, 0.2) is 81.7 Å². The van der Waals surface area contributed by atoms with Gasteiger partial charge in [-0.05, 0) is 38.3 Å². The predicted molar refractivity (Wildman–Crippen MR) is 204 cm³/mol. The summed E-state index contributed by atoms with van der Waals surface area (Å²) in [6, 6.07) is 13.1. The van der Waals surface area contributed by atoms with Crippen molar-refractivity contribution >= 4 is 74.6 Å². The molecule has 4 aromatic rings. The maximum atomic E-state index is 13.5. The molecular weight excluding hydrogens is 747 g/mol. The number of rotatable bonds is 13. The van der Waals surface area contributed by atoms with Crippen LogP contribution in [0.4, 0.5) is 5.13 Å². The molecule has 5 heterocycles. The molecule has 0 unspecified atom stereocenters. The topological polar surface area (TPSA) is 235 Å². The highest BCUT2D eigenvalue weighted by Crippen LogP contribution is 2.40. The number of pyridine rings is 1. The van der Waals surface area contributed by atoms with Gasteiger partial charge in [0.05, 0.1) is 17.7 Å². The maximum Gasteiger partial charge on any atom is 0.350 e. The summed E-state index contributed by atoms with van der Waals surface area (Å²) < 4.78 is 4.03. The lowest BCUT2D eigenvalue weighted by atomic mass is 10.0. The van der Waals surface area contributed by atoms with Crippen LogP contribution in [0.2, 0.25) is 0 Å². The molecule has 2 atom stereocenters. The van der Waals surface area contributed by atoms with Gasteiger partial charge in [-0.2, -0.15) is 4.57 Å². The van der Waals surface area contributed by atoms with Gasteiger partial charge in [-0.1, -0.05) is 42.3 Å². The Morgan fingerprint density at radius 1 is 1.16 bits per heavy atom. The van der Waals surface area contributed by atoms with E-state index in [1.54, 1.807) is 0 Å². The van der Waals surface area contributed by atoms with E-state index in [0.29, 0.717) is 24.0 Å². The number of amides is 2. The van der Waals surface area contributed by atoms with E-state index in [4.69, 9.17) is 21.3 Å². The number of amidine groups is 1. The SMILES string of the molecule is CC(C)(O/N=C(\C(=O)N[C@@H]1C(=O)N2C(C(=O)[O-])=C(C[n+]3cccc4c3ccn4Cc3ccc(C(N)=NC4CCCC4)cc3)CS[C@H]12)c1csc(N)n1)C(=O)O. The number of aromatic nitrogens is 3. The van der Waals surface area contributed by atoms with Crippen molar-refractivity contribution in [1.29, 1.82) is 0 Å². The van der Waals surface area contributed by atoms with Crippen molar-refractivity contribution in [3.63, 3.8) is 0 Å². The molecule has 3 aliphatic rings. The summed E-state index contributed by atoms with van der Waals surface area (Å²) in [6.07, 6.45) is 8.38. The number of hydrogen-bond acceptors (Lipinski definition) is 12. The van der Waals surface area contributed by atoms with Crippen molar-refractivity contribution in [3.8, 4) is 0 Å². The lowest BCUT2D eigenvalue weighted by molar-refractivity contribution is -0.663. The van der Waals surface area contributed by atoms with Crippen LogP contribution in [0, 0.1) is 0 Å². The molecule has 0 radical (unpaired) electrons. The van der Waals surface area contributed by atoms with Crippen LogP contribution in [0.3, 0.4) is 0 Å². The molecule has 1 saturated carbocycles. The van der Waals surface area contributed by atoms with Crippen LogP contribution < -0.4 is 26.5 Å². The summed E-state index contributed by atoms with van der Waals surface area (Å²) in [7, 11) is 0. The first kappa shape index (κ1) is 37.6. The van der Waals surface area contributed by atoms with E-state index in [0.717, 1.165) is 51.2 Å². The molecule has 18 heteroatoms. The molecule has 0 bridgehead atoms. The molecule has 0 spiro atoms. The highest BCUT2D eigenvalue weighted by atomic mass is 32.2. The van der Waals surface area contributed by atoms with Gasteiger partial charge in [-0.25, -0.2) is 9.78 Å². The second kappa shape index (κ2) is 15.2. The van der Waals surface area contributed by atoms with E-state index in [-0.39, 0.29) is 28.8 Å². The predicted octanol–water partition coefficient (Wildman–Crippen LogP) is 1.35. The van der Waals surface area contributed by atoms with Gasteiger partial charge in [0, 0.05) is 47.1 Å². The van der Waals surface area contributed by atoms with E-state index in [9.17, 15) is 29.4 Å². The second-order valence-electron chi connectivity index (χ2n) is 14.0. The molecule has 1 aliphatic carbocycles. The quantitative estimate of drug-likeness (QED) is 0.0497. The van der Waals surface area contributed by atoms with Crippen LogP contribution >= 0.6 is 23.1 Å². The fourth-order valence-electron chi connectivity index (χ4n) is 6.78. The number of oxime groups is 1. The molecule has 55 heavy (non-hydrogen) atoms. The van der Waals surface area contributed by atoms with Gasteiger partial charge >= 0.3 is 5.97 Å². The number of nitrogens with one attached hydrogen (secondary N) is 1. The van der Waals surface area contributed by atoms with E-state index in [1.807, 2.05) is 59.4 Å². The largest absolute Gasteiger partial charge is 0.543 e. The molecule has 16 nitrogen and oxygen atoms in total. The van der Waals surface area contributed by atoms with Crippen LogP contribution in [0.25, 0.3) is 11.0 Å². The number of aliphatic imine (C=N–C) groups is 1. The first-order chi connectivity index (χ1) is 26.3. The zero-order chi connectivity index (χ0) is 39.0. The lowest BCUT2D eigenvalue weighted by Gasteiger charge is -2.50. The number of benzene rings is 1. The minimum absolute atomic E-state index is 0.0154. The van der Waals surface area contributed by atoms with Crippen molar-refractivity contribution in [2.75, 3.05) is 11.5 Å². The number of thiazole rings is 1. The molecule has 2 aliphatic heterocycles. The fourth-order valence-corrected chi connectivity index (χ4v) is 8.66. The Morgan fingerprint density at radius 3 is 2.58 bits per heavy atom. The smallest absolute Gasteiger partial charge is 0.350 e. The number of carbonyl (C=O) groups excluding carboxylic acids is 3. The third-order valence-corrected chi connectivity index (χ3v) is 11.8. The van der Waals surface area contributed by atoms with Crippen molar-refractivity contribution in [3.05, 3.63) is 88.3 Å². The lowest BCUT2D eigenvalue weighted by Crippen LogP contribution is -2.71. The molecule has 6 N–H and O–H groups in total. The Balaban J connectivity index is 1.06. The van der Waals surface area contributed by atoms with Gasteiger partial charge in [-0.3, -0.25) is 19.5 Å². The molecule has 2 amide bonds. The number of fused-ring (bicyclic) bond motifs is 2. The molecule has 1 aromatic carbocycles. The summed E-state index contributed by atoms with van der Waals surface area (Å²) in [5, 5.41) is 29.2. The van der Waals surface area contributed by atoms with Gasteiger partial charge in [0.15, 0.2) is 23.6 Å². The van der Waals surface area contributed by atoms with Gasteiger partial charge in [-0.15, -0.1) is 23.1 Å². The van der Waals surface area contributed by atoms with Gasteiger partial charge in [0.25, 0.3) is 11.8 Å². The Morgan fingerprint density at radius 2 is 1.91 bits per heavy atom. The number of carboxylic acids is 2. The molecule has 1 saturated heterocycles. The molecule has 3 aromatic heterocycles. The van der Waals surface area contributed by atoms with Crippen LogP contribution in [-0.2, 0) is 37.1 Å². The average molecular weight is 786 g/mol. The van der Waals surface area contributed by atoms with E-state index in [2.05, 4.69) is 20.0 Å². The Labute approximate surface area is 323 Å². The van der Waals surface area contributed by atoms with E-state index < -0.39 is 46.5 Å². The Kier molecular flexibility index (Phi) is 10.4. The zero-order valence-corrected chi connectivity index (χ0v) is 31.6. The molecule has 286 valence electrons. The maximum absolute atomic E-state index is 13.5. The molecule has 7 rings (SSSR count). The number of carboxylic acid groups (broad SMARTS) is 2. The summed E-state index contributed by atoms with van der Waals surface area (Å²) in [5.41, 5.74) is 13.9. The first-order valence-electron chi connectivity index (χ1n) is 17.6. The van der Waals surface area contributed by atoms with Crippen molar-refractivity contribution < 1.29 is 38.8 Å². The zero-order valence-electron chi connectivity index (χ0n) is 30.0. The third-order valence-electron chi connectivity index (χ3n) is 9.81. The standard InChI is InChI=1S/C37H39N9O7S2/c1-37(2,35(51)52)53-43-27(24-19-55-36(39)41-24)31(47)42-28-32(48)46-29(34(49)50)22(18-54-33(28)46)17-44-14-5-8-25-26(44)13-15-45(25)16-20-9-11-21(12-10-20)30(38)40-23-6-3-4-7-23/h5,8-15,19,23,28,33H,3-4,6-7,16-18H2,1-2H3,(H6-,38,39,40,41,42,47,49,50,51,52)/b43-27-/t28-,33-/m1/s1. The first-order valence-corrected chi connectivity index (χ1v) is 19.5. The Bertz CT molecular complexity index is 2270. The number of nitrogens with zero attached hydrogens (tertiary/aromatic N) is 6. The highest BCUT2D eigenvalue weighted by molar-refractivity contribution is 8.00.